The first-order valence-electron chi connectivity index (χ1n) is 12.2. The standard InChI is InChI=1S/C28H29N5O3S/c1-19-11-12-23(20(2)17-19)33-27(21-7-3-6-10-25(21)34)30-31-28(33)37-18-26(35)29-22-8-4-5-9-24(22)32-13-15-36-16-14-32/h3-12,17,34H,13-16,18H2,1-2H3,(H,29,35). The van der Waals surface area contributed by atoms with E-state index in [1.54, 1.807) is 12.1 Å². The number of nitrogens with zero attached hydrogens (tertiary/aromatic N) is 4. The number of hydrogen-bond donors (Lipinski definition) is 2. The average molecular weight is 516 g/mol. The molecule has 1 aliphatic heterocycles. The molecule has 0 aliphatic carbocycles. The largest absolute Gasteiger partial charge is 0.507 e. The van der Waals surface area contributed by atoms with Gasteiger partial charge in [-0.1, -0.05) is 53.7 Å². The molecule has 0 radical (unpaired) electrons. The van der Waals surface area contributed by atoms with Crippen molar-refractivity contribution in [1.29, 1.82) is 0 Å². The number of amides is 1. The van der Waals surface area contributed by atoms with Crippen LogP contribution in [0.25, 0.3) is 17.1 Å². The van der Waals surface area contributed by atoms with Gasteiger partial charge in [0.1, 0.15) is 5.75 Å². The summed E-state index contributed by atoms with van der Waals surface area (Å²) >= 11 is 1.31. The van der Waals surface area contributed by atoms with Crippen molar-refractivity contribution in [2.24, 2.45) is 0 Å². The molecule has 0 saturated carbocycles. The molecular formula is C28H29N5O3S. The second-order valence-corrected chi connectivity index (χ2v) is 9.84. The normalized spacial score (nSPS) is 13.5. The minimum absolute atomic E-state index is 0.120. The van der Waals surface area contributed by atoms with E-state index in [2.05, 4.69) is 26.5 Å². The predicted octanol–water partition coefficient (Wildman–Crippen LogP) is 4.82. The molecule has 3 aromatic carbocycles. The third-order valence-electron chi connectivity index (χ3n) is 6.23. The summed E-state index contributed by atoms with van der Waals surface area (Å²) in [4.78, 5) is 15.3. The van der Waals surface area contributed by atoms with Crippen molar-refractivity contribution in [3.05, 3.63) is 77.9 Å². The van der Waals surface area contributed by atoms with Crippen molar-refractivity contribution in [1.82, 2.24) is 14.8 Å². The van der Waals surface area contributed by atoms with Crippen molar-refractivity contribution in [2.75, 3.05) is 42.3 Å². The minimum atomic E-state index is -0.134. The van der Waals surface area contributed by atoms with Gasteiger partial charge in [0.15, 0.2) is 11.0 Å². The molecule has 8 nitrogen and oxygen atoms in total. The van der Waals surface area contributed by atoms with Crippen LogP contribution in [-0.4, -0.2) is 57.8 Å². The Labute approximate surface area is 220 Å². The van der Waals surface area contributed by atoms with Gasteiger partial charge in [-0.15, -0.1) is 10.2 Å². The summed E-state index contributed by atoms with van der Waals surface area (Å²) in [6.45, 7) is 6.99. The Kier molecular flexibility index (Phi) is 7.43. The van der Waals surface area contributed by atoms with Crippen molar-refractivity contribution in [2.45, 2.75) is 19.0 Å². The predicted molar refractivity (Wildman–Crippen MR) is 147 cm³/mol. The number of phenolic OH excluding ortho intramolecular Hbond substituents is 1. The monoisotopic (exact) mass is 515 g/mol. The van der Waals surface area contributed by atoms with Crippen LogP contribution in [0, 0.1) is 13.8 Å². The van der Waals surface area contributed by atoms with E-state index in [9.17, 15) is 9.90 Å². The highest BCUT2D eigenvalue weighted by atomic mass is 32.2. The molecule has 1 aromatic heterocycles. The van der Waals surface area contributed by atoms with Gasteiger partial charge in [-0.2, -0.15) is 0 Å². The van der Waals surface area contributed by atoms with Crippen molar-refractivity contribution in [3.8, 4) is 22.8 Å². The van der Waals surface area contributed by atoms with Crippen LogP contribution in [0.3, 0.4) is 0 Å². The number of nitrogens with one attached hydrogen (secondary N) is 1. The number of phenols is 1. The summed E-state index contributed by atoms with van der Waals surface area (Å²) in [6.07, 6.45) is 0. The second kappa shape index (κ2) is 11.1. The topological polar surface area (TPSA) is 92.5 Å². The Morgan fingerprint density at radius 1 is 1.00 bits per heavy atom. The summed E-state index contributed by atoms with van der Waals surface area (Å²) < 4.78 is 7.38. The molecule has 1 saturated heterocycles. The van der Waals surface area contributed by atoms with Gasteiger partial charge in [0, 0.05) is 13.1 Å². The number of para-hydroxylation sites is 3. The van der Waals surface area contributed by atoms with Crippen LogP contribution < -0.4 is 10.2 Å². The molecule has 1 aliphatic rings. The summed E-state index contributed by atoms with van der Waals surface area (Å²) in [7, 11) is 0. The highest BCUT2D eigenvalue weighted by molar-refractivity contribution is 7.99. The Hall–Kier alpha value is -3.82. The fourth-order valence-electron chi connectivity index (χ4n) is 4.45. The number of aromatic nitrogens is 3. The molecule has 37 heavy (non-hydrogen) atoms. The van der Waals surface area contributed by atoms with Crippen LogP contribution in [0.15, 0.2) is 71.9 Å². The average Bonchev–Trinajstić information content (AvgIpc) is 3.32. The summed E-state index contributed by atoms with van der Waals surface area (Å²) in [6, 6.07) is 21.0. The maximum absolute atomic E-state index is 13.0. The third-order valence-corrected chi connectivity index (χ3v) is 7.16. The number of anilines is 2. The number of rotatable bonds is 7. The number of aromatic hydroxyl groups is 1. The first kappa shape index (κ1) is 24.9. The van der Waals surface area contributed by atoms with Gasteiger partial charge >= 0.3 is 0 Å². The molecule has 2 heterocycles. The molecule has 1 fully saturated rings. The maximum atomic E-state index is 13.0. The van der Waals surface area contributed by atoms with Crippen LogP contribution in [0.5, 0.6) is 5.75 Å². The lowest BCUT2D eigenvalue weighted by atomic mass is 10.1. The zero-order valence-electron chi connectivity index (χ0n) is 20.8. The Balaban J connectivity index is 1.40. The molecule has 4 aromatic rings. The molecule has 0 atom stereocenters. The van der Waals surface area contributed by atoms with E-state index in [4.69, 9.17) is 4.74 Å². The fourth-order valence-corrected chi connectivity index (χ4v) is 5.19. The molecule has 0 bridgehead atoms. The van der Waals surface area contributed by atoms with Gasteiger partial charge < -0.3 is 20.1 Å². The maximum Gasteiger partial charge on any atom is 0.234 e. The highest BCUT2D eigenvalue weighted by Gasteiger charge is 2.21. The zero-order valence-corrected chi connectivity index (χ0v) is 21.7. The van der Waals surface area contributed by atoms with Gasteiger partial charge in [0.25, 0.3) is 0 Å². The minimum Gasteiger partial charge on any atom is -0.507 e. The number of morpholine rings is 1. The first-order chi connectivity index (χ1) is 18.0. The Morgan fingerprint density at radius 3 is 2.54 bits per heavy atom. The lowest BCUT2D eigenvalue weighted by Gasteiger charge is -2.30. The van der Waals surface area contributed by atoms with Crippen LogP contribution >= 0.6 is 11.8 Å². The van der Waals surface area contributed by atoms with E-state index in [0.717, 1.165) is 41.3 Å². The third kappa shape index (κ3) is 5.47. The number of carbonyl (C=O) groups is 1. The summed E-state index contributed by atoms with van der Waals surface area (Å²) in [5, 5.41) is 23.0. The first-order valence-corrected chi connectivity index (χ1v) is 13.2. The van der Waals surface area contributed by atoms with Gasteiger partial charge in [0.05, 0.1) is 41.6 Å². The van der Waals surface area contributed by atoms with E-state index < -0.39 is 0 Å². The molecular weight excluding hydrogens is 486 g/mol. The molecule has 0 unspecified atom stereocenters. The van der Waals surface area contributed by atoms with E-state index in [-0.39, 0.29) is 17.4 Å². The van der Waals surface area contributed by atoms with Crippen molar-refractivity contribution >= 4 is 29.0 Å². The van der Waals surface area contributed by atoms with Gasteiger partial charge in [0.2, 0.25) is 5.91 Å². The molecule has 2 N–H and O–H groups in total. The smallest absolute Gasteiger partial charge is 0.234 e. The van der Waals surface area contributed by atoms with Crippen molar-refractivity contribution in [3.63, 3.8) is 0 Å². The number of carbonyl (C=O) groups excluding carboxylic acids is 1. The summed E-state index contributed by atoms with van der Waals surface area (Å²) in [5.41, 5.74) is 5.43. The van der Waals surface area contributed by atoms with Gasteiger partial charge in [-0.25, -0.2) is 0 Å². The number of benzene rings is 3. The van der Waals surface area contributed by atoms with Gasteiger partial charge in [-0.05, 0) is 49.7 Å². The van der Waals surface area contributed by atoms with E-state index >= 15 is 0 Å². The van der Waals surface area contributed by atoms with E-state index in [0.29, 0.717) is 29.8 Å². The van der Waals surface area contributed by atoms with E-state index in [1.807, 2.05) is 66.9 Å². The van der Waals surface area contributed by atoms with Crippen LogP contribution in [-0.2, 0) is 9.53 Å². The quantitative estimate of drug-likeness (QED) is 0.341. The van der Waals surface area contributed by atoms with Gasteiger partial charge in [-0.3, -0.25) is 9.36 Å². The molecule has 1 amide bonds. The molecule has 5 rings (SSSR count). The van der Waals surface area contributed by atoms with Crippen LogP contribution in [0.1, 0.15) is 11.1 Å². The SMILES string of the molecule is Cc1ccc(-n2c(SCC(=O)Nc3ccccc3N3CCOCC3)nnc2-c2ccccc2O)c(C)c1. The number of aryl methyl sites for hydroxylation is 2. The van der Waals surface area contributed by atoms with E-state index in [1.165, 1.54) is 11.8 Å². The number of thioether (sulfide) groups is 1. The Morgan fingerprint density at radius 2 is 1.76 bits per heavy atom. The molecule has 9 heteroatoms. The fraction of sp³-hybridized carbons (Fsp3) is 0.250. The molecule has 0 spiro atoms. The lowest BCUT2D eigenvalue weighted by Crippen LogP contribution is -2.36. The van der Waals surface area contributed by atoms with Crippen LogP contribution in [0.4, 0.5) is 11.4 Å². The van der Waals surface area contributed by atoms with Crippen LogP contribution in [0.2, 0.25) is 0 Å². The number of hydrogen-bond acceptors (Lipinski definition) is 7. The number of ether oxygens (including phenoxy) is 1. The molecule has 190 valence electrons. The highest BCUT2D eigenvalue weighted by Crippen LogP contribution is 2.34. The Bertz CT molecular complexity index is 1410. The lowest BCUT2D eigenvalue weighted by molar-refractivity contribution is -0.113. The second-order valence-electron chi connectivity index (χ2n) is 8.90. The summed E-state index contributed by atoms with van der Waals surface area (Å²) in [5.74, 6) is 0.659. The van der Waals surface area contributed by atoms with Crippen molar-refractivity contribution < 1.29 is 14.6 Å². The zero-order chi connectivity index (χ0) is 25.8.